The van der Waals surface area contributed by atoms with Crippen molar-refractivity contribution < 1.29 is 13.2 Å². The van der Waals surface area contributed by atoms with E-state index in [0.29, 0.717) is 11.4 Å². The first-order valence-electron chi connectivity index (χ1n) is 9.54. The molecule has 1 amide bonds. The summed E-state index contributed by atoms with van der Waals surface area (Å²) in [6, 6.07) is 14.6. The van der Waals surface area contributed by atoms with Crippen LogP contribution in [0, 0.1) is 0 Å². The second kappa shape index (κ2) is 8.13. The molecule has 0 unspecified atom stereocenters. The summed E-state index contributed by atoms with van der Waals surface area (Å²) in [6.07, 6.45) is 0.827. The number of sulfonamides is 1. The Hall–Kier alpha value is -2.23. The molecule has 2 heterocycles. The lowest BCUT2D eigenvalue weighted by Gasteiger charge is -2.15. The zero-order valence-electron chi connectivity index (χ0n) is 16.8. The van der Waals surface area contributed by atoms with Crippen LogP contribution in [0.15, 0.2) is 72.7 Å². The van der Waals surface area contributed by atoms with E-state index in [1.54, 1.807) is 24.3 Å². The second-order valence-corrected chi connectivity index (χ2v) is 10.4. The third-order valence-electron chi connectivity index (χ3n) is 4.94. The number of fused-ring (bicyclic) bond motifs is 1. The van der Waals surface area contributed by atoms with Gasteiger partial charge in [-0.25, -0.2) is 0 Å². The fourth-order valence-electron chi connectivity index (χ4n) is 3.24. The van der Waals surface area contributed by atoms with Crippen LogP contribution in [0.2, 0.25) is 0 Å². The average Bonchev–Trinajstić information content (AvgIpc) is 3.24. The Morgan fingerprint density at radius 3 is 2.33 bits per heavy atom. The highest BCUT2D eigenvalue weighted by Gasteiger charge is 2.39. The molecule has 156 valence electrons. The van der Waals surface area contributed by atoms with E-state index in [0.717, 1.165) is 39.4 Å². The average molecular weight is 460 g/mol. The molecule has 6 nitrogen and oxygen atoms in total. The number of nitrogens with zero attached hydrogens (tertiary/aromatic N) is 3. The number of benzene rings is 2. The van der Waals surface area contributed by atoms with Crippen molar-refractivity contribution in [1.29, 1.82) is 0 Å². The van der Waals surface area contributed by atoms with E-state index in [2.05, 4.69) is 4.40 Å². The van der Waals surface area contributed by atoms with E-state index >= 15 is 0 Å². The van der Waals surface area contributed by atoms with Gasteiger partial charge in [-0.1, -0.05) is 43.0 Å². The van der Waals surface area contributed by atoms with Crippen molar-refractivity contribution in [3.63, 3.8) is 0 Å². The molecule has 30 heavy (non-hydrogen) atoms. The zero-order valence-corrected chi connectivity index (χ0v) is 19.3. The van der Waals surface area contributed by atoms with E-state index < -0.39 is 10.0 Å². The summed E-state index contributed by atoms with van der Waals surface area (Å²) in [7, 11) is -2.01. The number of hydrogen-bond acceptors (Lipinski definition) is 6. The van der Waals surface area contributed by atoms with Crippen molar-refractivity contribution in [2.45, 2.75) is 30.1 Å². The van der Waals surface area contributed by atoms with E-state index in [1.165, 1.54) is 16.7 Å². The van der Waals surface area contributed by atoms with Gasteiger partial charge in [-0.3, -0.25) is 9.69 Å². The maximum Gasteiger partial charge on any atom is 0.284 e. The summed E-state index contributed by atoms with van der Waals surface area (Å²) in [5.41, 5.74) is 2.07. The first-order valence-corrected chi connectivity index (χ1v) is 12.6. The van der Waals surface area contributed by atoms with Crippen molar-refractivity contribution in [2.24, 2.45) is 4.40 Å². The van der Waals surface area contributed by atoms with Gasteiger partial charge < -0.3 is 4.90 Å². The fourth-order valence-corrected chi connectivity index (χ4v) is 6.82. The topological polar surface area (TPSA) is 70.0 Å². The van der Waals surface area contributed by atoms with Crippen LogP contribution in [-0.2, 0) is 21.2 Å². The Kier molecular flexibility index (Phi) is 5.69. The van der Waals surface area contributed by atoms with E-state index in [-0.39, 0.29) is 16.0 Å². The van der Waals surface area contributed by atoms with E-state index in [9.17, 15) is 13.2 Å². The molecule has 0 bridgehead atoms. The molecule has 2 aromatic rings. The molecule has 1 fully saturated rings. The first kappa shape index (κ1) is 21.0. The summed E-state index contributed by atoms with van der Waals surface area (Å²) in [5.74, 6) is -0.222. The fraction of sp³-hybridized carbons (Fsp3) is 0.238. The first-order chi connectivity index (χ1) is 14.4. The molecule has 2 aliphatic rings. The van der Waals surface area contributed by atoms with Crippen LogP contribution in [0.5, 0.6) is 0 Å². The van der Waals surface area contributed by atoms with Gasteiger partial charge in [0.15, 0.2) is 5.17 Å². The molecule has 1 saturated heterocycles. The molecule has 0 atom stereocenters. The Morgan fingerprint density at radius 2 is 1.70 bits per heavy atom. The highest BCUT2D eigenvalue weighted by molar-refractivity contribution is 8.19. The lowest BCUT2D eigenvalue weighted by atomic mass is 10.2. The molecule has 9 heteroatoms. The third kappa shape index (κ3) is 3.66. The number of amides is 1. The van der Waals surface area contributed by atoms with Crippen LogP contribution in [0.1, 0.15) is 19.4 Å². The number of thioether (sulfide) groups is 2. The molecule has 2 aromatic carbocycles. The van der Waals surface area contributed by atoms with E-state index in [1.807, 2.05) is 50.1 Å². The van der Waals surface area contributed by atoms with Crippen LogP contribution in [0.3, 0.4) is 0 Å². The van der Waals surface area contributed by atoms with Crippen molar-refractivity contribution in [3.05, 3.63) is 64.0 Å². The van der Waals surface area contributed by atoms with Crippen LogP contribution in [0.4, 0.5) is 5.69 Å². The molecule has 0 aromatic heterocycles. The minimum Gasteiger partial charge on any atom is -0.337 e. The van der Waals surface area contributed by atoms with Crippen LogP contribution in [0.25, 0.3) is 0 Å². The van der Waals surface area contributed by atoms with Crippen LogP contribution < -0.4 is 4.90 Å². The number of likely N-dealkylation sites (N-methyl/N-ethyl adjacent to an activating group) is 1. The largest absolute Gasteiger partial charge is 0.337 e. The lowest BCUT2D eigenvalue weighted by molar-refractivity contribution is -0.122. The third-order valence-corrected chi connectivity index (χ3v) is 8.77. The minimum absolute atomic E-state index is 0.122. The van der Waals surface area contributed by atoms with Gasteiger partial charge in [-0.2, -0.15) is 8.42 Å². The Bertz CT molecular complexity index is 1170. The van der Waals surface area contributed by atoms with Crippen molar-refractivity contribution >= 4 is 50.3 Å². The van der Waals surface area contributed by atoms with Gasteiger partial charge in [0.1, 0.15) is 4.91 Å². The van der Waals surface area contributed by atoms with E-state index in [4.69, 9.17) is 0 Å². The Balaban J connectivity index is 1.71. The summed E-state index contributed by atoms with van der Waals surface area (Å²) in [5, 5.41) is 0.981. The molecule has 0 N–H and O–H groups in total. The zero-order chi connectivity index (χ0) is 21.5. The van der Waals surface area contributed by atoms with Crippen molar-refractivity contribution in [1.82, 2.24) is 4.90 Å². The molecule has 4 rings (SSSR count). The quantitative estimate of drug-likeness (QED) is 0.635. The Morgan fingerprint density at radius 1 is 1.00 bits per heavy atom. The molecule has 0 radical (unpaired) electrons. The van der Waals surface area contributed by atoms with Gasteiger partial charge in [0, 0.05) is 18.5 Å². The highest BCUT2D eigenvalue weighted by atomic mass is 32.2. The molecule has 0 saturated carbocycles. The lowest BCUT2D eigenvalue weighted by Crippen LogP contribution is -2.30. The number of amidine groups is 1. The van der Waals surface area contributed by atoms with Crippen molar-refractivity contribution in [2.75, 3.05) is 18.5 Å². The van der Waals surface area contributed by atoms with Gasteiger partial charge in [0.25, 0.3) is 15.9 Å². The summed E-state index contributed by atoms with van der Waals surface area (Å²) < 4.78 is 29.7. The normalized spacial score (nSPS) is 20.4. The molecule has 0 aliphatic carbocycles. The van der Waals surface area contributed by atoms with Crippen LogP contribution in [-0.4, -0.2) is 38.0 Å². The van der Waals surface area contributed by atoms with Crippen molar-refractivity contribution in [3.8, 4) is 0 Å². The molecule has 0 spiro atoms. The predicted molar refractivity (Wildman–Crippen MR) is 123 cm³/mol. The van der Waals surface area contributed by atoms with Gasteiger partial charge in [-0.05, 0) is 54.9 Å². The second-order valence-electron chi connectivity index (χ2n) is 6.76. The number of aryl methyl sites for hydroxylation is 1. The van der Waals surface area contributed by atoms with Gasteiger partial charge >= 0.3 is 0 Å². The molecule has 2 aliphatic heterocycles. The number of carbonyl (C=O) groups is 1. The monoisotopic (exact) mass is 459 g/mol. The number of para-hydroxylation sites is 1. The summed E-state index contributed by atoms with van der Waals surface area (Å²) in [4.78, 5) is 18.1. The summed E-state index contributed by atoms with van der Waals surface area (Å²) in [6.45, 7) is 4.16. The predicted octanol–water partition coefficient (Wildman–Crippen LogP) is 4.30. The number of anilines is 1. The maximum absolute atomic E-state index is 13.1. The number of hydrogen-bond donors (Lipinski definition) is 0. The van der Waals surface area contributed by atoms with Gasteiger partial charge in [0.2, 0.25) is 0 Å². The molecular weight excluding hydrogens is 438 g/mol. The SMILES string of the molecule is CCc1ccc(S(=O)(=O)N=C2SC(=C3Sc4ccccc4N3C)C(=O)N2CC)cc1. The van der Waals surface area contributed by atoms with Gasteiger partial charge in [-0.15, -0.1) is 4.40 Å². The smallest absolute Gasteiger partial charge is 0.284 e. The standard InChI is InChI=1S/C21H21N3O3S3/c1-4-14-10-12-15(13-11-14)30(26,27)22-21-24(5-2)19(25)18(29-21)20-23(3)16-8-6-7-9-17(16)28-20/h6-13H,4-5H2,1-3H3. The minimum atomic E-state index is -3.92. The molecular formula is C21H21N3O3S3. The Labute approximate surface area is 185 Å². The number of rotatable bonds is 4. The van der Waals surface area contributed by atoms with Gasteiger partial charge in [0.05, 0.1) is 15.6 Å². The summed E-state index contributed by atoms with van der Waals surface area (Å²) >= 11 is 2.63. The number of carbonyl (C=O) groups excluding carboxylic acids is 1. The highest BCUT2D eigenvalue weighted by Crippen LogP contribution is 2.49. The maximum atomic E-state index is 13.1. The van der Waals surface area contributed by atoms with Crippen LogP contribution >= 0.6 is 23.5 Å².